The Kier molecular flexibility index (Phi) is 7.95. The van der Waals surface area contributed by atoms with Crippen LogP contribution in [0.2, 0.25) is 0 Å². The summed E-state index contributed by atoms with van der Waals surface area (Å²) in [4.78, 5) is 24.0. The van der Waals surface area contributed by atoms with Crippen LogP contribution in [-0.4, -0.2) is 23.5 Å². The maximum absolute atomic E-state index is 12.1. The molecule has 0 atom stereocenters. The van der Waals surface area contributed by atoms with Crippen LogP contribution in [-0.2, 0) is 4.79 Å². The number of hydrogen-bond acceptors (Lipinski definition) is 3. The fraction of sp³-hybridized carbons (Fsp3) is 0.286. The first kappa shape index (κ1) is 21.4. The quantitative estimate of drug-likeness (QED) is 0.444. The van der Waals surface area contributed by atoms with Crippen molar-refractivity contribution in [2.75, 3.05) is 11.9 Å². The molecule has 0 heterocycles. The van der Waals surface area contributed by atoms with E-state index in [1.54, 1.807) is 6.07 Å². The molecule has 148 valence electrons. The first-order valence-corrected chi connectivity index (χ1v) is 9.57. The van der Waals surface area contributed by atoms with Gasteiger partial charge in [0.05, 0.1) is 0 Å². The fourth-order valence-electron chi connectivity index (χ4n) is 2.52. The van der Waals surface area contributed by atoms with Gasteiger partial charge in [-0.2, -0.15) is 0 Å². The lowest BCUT2D eigenvalue weighted by Gasteiger charge is -2.13. The van der Waals surface area contributed by atoms with Crippen molar-refractivity contribution in [1.29, 1.82) is 0 Å². The Balaban J connectivity index is 1.68. The summed E-state index contributed by atoms with van der Waals surface area (Å²) in [6.07, 6.45) is 0.135. The molecule has 6 nitrogen and oxygen atoms in total. The molecule has 0 saturated carbocycles. The van der Waals surface area contributed by atoms with Gasteiger partial charge >= 0.3 is 0 Å². The van der Waals surface area contributed by atoms with Gasteiger partial charge in [-0.1, -0.05) is 44.2 Å². The number of amides is 2. The highest BCUT2D eigenvalue weighted by molar-refractivity contribution is 7.80. The number of rotatable bonds is 6. The van der Waals surface area contributed by atoms with Crippen molar-refractivity contribution < 1.29 is 9.59 Å². The highest BCUT2D eigenvalue weighted by Gasteiger charge is 2.09. The van der Waals surface area contributed by atoms with Crippen molar-refractivity contribution in [3.63, 3.8) is 0 Å². The van der Waals surface area contributed by atoms with Crippen LogP contribution in [0, 0.1) is 6.92 Å². The second kappa shape index (κ2) is 10.4. The van der Waals surface area contributed by atoms with E-state index in [0.717, 1.165) is 11.3 Å². The topological polar surface area (TPSA) is 82.3 Å². The number of aryl methyl sites for hydroxylation is 1. The van der Waals surface area contributed by atoms with Gasteiger partial charge in [0.15, 0.2) is 5.11 Å². The largest absolute Gasteiger partial charge is 0.352 e. The molecule has 0 aliphatic rings. The van der Waals surface area contributed by atoms with E-state index in [4.69, 9.17) is 12.2 Å². The first-order valence-electron chi connectivity index (χ1n) is 9.16. The molecule has 0 spiro atoms. The summed E-state index contributed by atoms with van der Waals surface area (Å²) in [5, 5.41) is 6.02. The predicted octanol–water partition coefficient (Wildman–Crippen LogP) is 3.26. The highest BCUT2D eigenvalue weighted by atomic mass is 32.1. The van der Waals surface area contributed by atoms with Crippen LogP contribution in [0.4, 0.5) is 5.69 Å². The van der Waals surface area contributed by atoms with Crippen LogP contribution >= 0.6 is 12.2 Å². The first-order chi connectivity index (χ1) is 13.4. The number of thiocarbonyl (C=S) groups is 1. The Morgan fingerprint density at radius 2 is 1.68 bits per heavy atom. The Bertz CT molecular complexity index is 835. The summed E-state index contributed by atoms with van der Waals surface area (Å²) < 4.78 is 0. The van der Waals surface area contributed by atoms with Crippen LogP contribution in [0.25, 0.3) is 0 Å². The van der Waals surface area contributed by atoms with Gasteiger partial charge in [-0.3, -0.25) is 20.4 Å². The van der Waals surface area contributed by atoms with Crippen molar-refractivity contribution in [2.24, 2.45) is 0 Å². The molecule has 0 fully saturated rings. The van der Waals surface area contributed by atoms with Gasteiger partial charge in [0, 0.05) is 24.2 Å². The average Bonchev–Trinajstić information content (AvgIpc) is 2.67. The molecule has 2 rings (SSSR count). The number of benzene rings is 2. The van der Waals surface area contributed by atoms with Crippen LogP contribution in [0.5, 0.6) is 0 Å². The minimum absolute atomic E-state index is 0.135. The van der Waals surface area contributed by atoms with Gasteiger partial charge in [-0.15, -0.1) is 0 Å². The summed E-state index contributed by atoms with van der Waals surface area (Å²) in [7, 11) is 0. The molecular formula is C21H26N4O2S. The summed E-state index contributed by atoms with van der Waals surface area (Å²) >= 11 is 5.16. The fourth-order valence-corrected chi connectivity index (χ4v) is 2.68. The molecule has 2 aromatic carbocycles. The molecule has 0 saturated heterocycles. The standard InChI is InChI=1S/C21H26N4O2S/c1-14(2)16-8-10-17(11-9-16)23-21(28)25-24-19(26)12-13-22-20(27)18-7-5-4-6-15(18)3/h4-11,14H,12-13H2,1-3H3,(H,22,27)(H,24,26)(H2,23,25,28). The van der Waals surface area contributed by atoms with Crippen LogP contribution in [0.3, 0.4) is 0 Å². The molecular weight excluding hydrogens is 372 g/mol. The molecule has 0 aromatic heterocycles. The van der Waals surface area contributed by atoms with E-state index in [1.807, 2.05) is 49.4 Å². The van der Waals surface area contributed by atoms with Crippen molar-refractivity contribution in [2.45, 2.75) is 33.1 Å². The molecule has 2 amide bonds. The minimum Gasteiger partial charge on any atom is -0.352 e. The normalized spacial score (nSPS) is 10.3. The molecule has 0 bridgehead atoms. The summed E-state index contributed by atoms with van der Waals surface area (Å²) in [5.41, 5.74) is 8.74. The third-order valence-electron chi connectivity index (χ3n) is 4.18. The SMILES string of the molecule is Cc1ccccc1C(=O)NCCC(=O)NNC(=S)Nc1ccc(C(C)C)cc1. The molecule has 0 aliphatic heterocycles. The molecule has 0 radical (unpaired) electrons. The predicted molar refractivity (Wildman–Crippen MR) is 116 cm³/mol. The lowest BCUT2D eigenvalue weighted by molar-refractivity contribution is -0.121. The Morgan fingerprint density at radius 3 is 2.32 bits per heavy atom. The maximum atomic E-state index is 12.1. The lowest BCUT2D eigenvalue weighted by Crippen LogP contribution is -2.44. The van der Waals surface area contributed by atoms with E-state index in [-0.39, 0.29) is 29.9 Å². The maximum Gasteiger partial charge on any atom is 0.251 e. The van der Waals surface area contributed by atoms with Crippen molar-refractivity contribution in [3.05, 3.63) is 65.2 Å². The highest BCUT2D eigenvalue weighted by Crippen LogP contribution is 2.16. The van der Waals surface area contributed by atoms with Gasteiger partial charge in [0.25, 0.3) is 5.91 Å². The molecule has 7 heteroatoms. The Morgan fingerprint density at radius 1 is 1.00 bits per heavy atom. The number of anilines is 1. The van der Waals surface area contributed by atoms with Gasteiger partial charge in [0.1, 0.15) is 0 Å². The Labute approximate surface area is 171 Å². The third kappa shape index (κ3) is 6.66. The van der Waals surface area contributed by atoms with Gasteiger partial charge in [-0.05, 0) is 54.4 Å². The molecule has 0 unspecified atom stereocenters. The monoisotopic (exact) mass is 398 g/mol. The van der Waals surface area contributed by atoms with E-state index in [0.29, 0.717) is 11.5 Å². The number of carbonyl (C=O) groups is 2. The zero-order valence-corrected chi connectivity index (χ0v) is 17.2. The Hall–Kier alpha value is -2.93. The van der Waals surface area contributed by atoms with Crippen LogP contribution in [0.1, 0.15) is 47.7 Å². The van der Waals surface area contributed by atoms with E-state index >= 15 is 0 Å². The second-order valence-corrected chi connectivity index (χ2v) is 7.13. The summed E-state index contributed by atoms with van der Waals surface area (Å²) in [6.45, 7) is 6.37. The zero-order chi connectivity index (χ0) is 20.5. The number of hydrazine groups is 1. The van der Waals surface area contributed by atoms with Crippen molar-refractivity contribution in [1.82, 2.24) is 16.2 Å². The van der Waals surface area contributed by atoms with Gasteiger partial charge < -0.3 is 10.6 Å². The van der Waals surface area contributed by atoms with Crippen LogP contribution in [0.15, 0.2) is 48.5 Å². The van der Waals surface area contributed by atoms with E-state index in [9.17, 15) is 9.59 Å². The van der Waals surface area contributed by atoms with E-state index in [1.165, 1.54) is 5.56 Å². The number of carbonyl (C=O) groups excluding carboxylic acids is 2. The molecule has 28 heavy (non-hydrogen) atoms. The summed E-state index contributed by atoms with van der Waals surface area (Å²) in [6, 6.07) is 15.2. The number of nitrogens with one attached hydrogen (secondary N) is 4. The van der Waals surface area contributed by atoms with E-state index < -0.39 is 0 Å². The van der Waals surface area contributed by atoms with Gasteiger partial charge in [-0.25, -0.2) is 0 Å². The second-order valence-electron chi connectivity index (χ2n) is 6.72. The van der Waals surface area contributed by atoms with Crippen LogP contribution < -0.4 is 21.5 Å². The number of hydrogen-bond donors (Lipinski definition) is 4. The zero-order valence-electron chi connectivity index (χ0n) is 16.3. The summed E-state index contributed by atoms with van der Waals surface area (Å²) in [5.74, 6) is -0.00464. The molecule has 0 aliphatic carbocycles. The van der Waals surface area contributed by atoms with Gasteiger partial charge in [0.2, 0.25) is 5.91 Å². The van der Waals surface area contributed by atoms with E-state index in [2.05, 4.69) is 35.3 Å². The minimum atomic E-state index is -0.274. The van der Waals surface area contributed by atoms with Crippen molar-refractivity contribution >= 4 is 34.8 Å². The molecule has 2 aromatic rings. The smallest absolute Gasteiger partial charge is 0.251 e. The van der Waals surface area contributed by atoms with Crippen molar-refractivity contribution in [3.8, 4) is 0 Å². The average molecular weight is 399 g/mol. The lowest BCUT2D eigenvalue weighted by atomic mass is 10.0. The third-order valence-corrected chi connectivity index (χ3v) is 4.38. The molecule has 4 N–H and O–H groups in total.